The molecular formula is C20H17F2N3O3S. The van der Waals surface area contributed by atoms with Gasteiger partial charge in [0.15, 0.2) is 5.03 Å². The summed E-state index contributed by atoms with van der Waals surface area (Å²) in [5.74, 6) is -1.50. The molecule has 3 aromatic rings. The third-order valence-electron chi connectivity index (χ3n) is 3.78. The number of amides is 1. The van der Waals surface area contributed by atoms with Crippen LogP contribution in [0.4, 0.5) is 14.5 Å². The fourth-order valence-corrected chi connectivity index (χ4v) is 3.18. The first-order valence-electron chi connectivity index (χ1n) is 8.66. The smallest absolute Gasteiger partial charge is 0.287 e. The Morgan fingerprint density at radius 2 is 1.97 bits per heavy atom. The second-order valence-corrected chi connectivity index (χ2v) is 6.76. The van der Waals surface area contributed by atoms with Gasteiger partial charge in [-0.25, -0.2) is 13.8 Å². The zero-order valence-corrected chi connectivity index (χ0v) is 16.2. The van der Waals surface area contributed by atoms with Gasteiger partial charge in [0.05, 0.1) is 18.0 Å². The lowest BCUT2D eigenvalue weighted by Crippen LogP contribution is -2.22. The third kappa shape index (κ3) is 5.20. The van der Waals surface area contributed by atoms with Gasteiger partial charge in [0.25, 0.3) is 5.56 Å². The first-order chi connectivity index (χ1) is 14.0. The van der Waals surface area contributed by atoms with Crippen LogP contribution in [0.3, 0.4) is 0 Å². The van der Waals surface area contributed by atoms with Crippen molar-refractivity contribution in [2.24, 2.45) is 0 Å². The topological polar surface area (TPSA) is 73.2 Å². The monoisotopic (exact) mass is 417 g/mol. The Kier molecular flexibility index (Phi) is 6.61. The van der Waals surface area contributed by atoms with Crippen LogP contribution in [0.5, 0.6) is 5.75 Å². The molecule has 150 valence electrons. The Morgan fingerprint density at radius 1 is 1.21 bits per heavy atom. The highest BCUT2D eigenvalue weighted by Crippen LogP contribution is 2.18. The maximum atomic E-state index is 13.6. The number of benzene rings is 2. The number of carbonyl (C=O) groups excluding carboxylic acids is 1. The number of carbonyl (C=O) groups is 1. The molecule has 1 heterocycles. The molecule has 0 atom stereocenters. The predicted octanol–water partition coefficient (Wildman–Crippen LogP) is 3.64. The molecule has 1 amide bonds. The lowest BCUT2D eigenvalue weighted by molar-refractivity contribution is -0.113. The van der Waals surface area contributed by atoms with Gasteiger partial charge < -0.3 is 10.1 Å². The summed E-state index contributed by atoms with van der Waals surface area (Å²) >= 11 is 0.907. The van der Waals surface area contributed by atoms with Crippen molar-refractivity contribution >= 4 is 23.4 Å². The summed E-state index contributed by atoms with van der Waals surface area (Å²) in [5.41, 5.74) is -0.0381. The van der Waals surface area contributed by atoms with E-state index in [1.165, 1.54) is 17.0 Å². The SMILES string of the molecule is CCOc1ccc(-n2ccnc(SCC(=O)Nc3cc(F)ccc3F)c2=O)cc1. The van der Waals surface area contributed by atoms with E-state index in [1.54, 1.807) is 24.3 Å². The van der Waals surface area contributed by atoms with Crippen LogP contribution in [-0.4, -0.2) is 27.8 Å². The zero-order valence-electron chi connectivity index (χ0n) is 15.4. The van der Waals surface area contributed by atoms with Crippen LogP contribution in [-0.2, 0) is 4.79 Å². The highest BCUT2D eigenvalue weighted by Gasteiger charge is 2.12. The van der Waals surface area contributed by atoms with E-state index in [-0.39, 0.29) is 16.5 Å². The Labute approximate surface area is 169 Å². The highest BCUT2D eigenvalue weighted by atomic mass is 32.2. The number of hydrogen-bond donors (Lipinski definition) is 1. The molecule has 0 aliphatic carbocycles. The standard InChI is InChI=1S/C20H17F2N3O3S/c1-2-28-15-6-4-14(5-7-15)25-10-9-23-19(20(25)27)29-12-18(26)24-17-11-13(21)3-8-16(17)22/h3-11H,2,12H2,1H3,(H,24,26). The van der Waals surface area contributed by atoms with E-state index >= 15 is 0 Å². The van der Waals surface area contributed by atoms with E-state index in [4.69, 9.17) is 4.74 Å². The number of nitrogens with one attached hydrogen (secondary N) is 1. The Balaban J connectivity index is 1.70. The van der Waals surface area contributed by atoms with E-state index in [0.29, 0.717) is 18.0 Å². The maximum absolute atomic E-state index is 13.6. The fourth-order valence-electron chi connectivity index (χ4n) is 2.48. The minimum atomic E-state index is -0.750. The second-order valence-electron chi connectivity index (χ2n) is 5.80. The largest absolute Gasteiger partial charge is 0.494 e. The number of hydrogen-bond acceptors (Lipinski definition) is 5. The molecule has 1 aromatic heterocycles. The van der Waals surface area contributed by atoms with Crippen molar-refractivity contribution in [3.63, 3.8) is 0 Å². The number of aromatic nitrogens is 2. The number of halogens is 2. The quantitative estimate of drug-likeness (QED) is 0.594. The van der Waals surface area contributed by atoms with E-state index < -0.39 is 23.1 Å². The van der Waals surface area contributed by atoms with Crippen molar-refractivity contribution in [2.45, 2.75) is 11.9 Å². The molecule has 0 radical (unpaired) electrons. The molecule has 6 nitrogen and oxygen atoms in total. The molecule has 0 bridgehead atoms. The number of ether oxygens (including phenoxy) is 1. The van der Waals surface area contributed by atoms with Crippen LogP contribution in [0.15, 0.2) is 64.7 Å². The third-order valence-corrected chi connectivity index (χ3v) is 4.74. The molecule has 3 rings (SSSR count). The van der Waals surface area contributed by atoms with E-state index in [1.807, 2.05) is 6.92 Å². The molecule has 1 N–H and O–H groups in total. The molecular weight excluding hydrogens is 400 g/mol. The number of anilines is 1. The Bertz CT molecular complexity index is 1070. The molecule has 9 heteroatoms. The molecule has 0 aliphatic rings. The van der Waals surface area contributed by atoms with Crippen LogP contribution in [0.1, 0.15) is 6.92 Å². The molecule has 0 aliphatic heterocycles. The van der Waals surface area contributed by atoms with Gasteiger partial charge >= 0.3 is 0 Å². The molecule has 0 saturated heterocycles. The van der Waals surface area contributed by atoms with Crippen molar-refractivity contribution in [3.05, 3.63) is 76.8 Å². The fraction of sp³-hybridized carbons (Fsp3) is 0.150. The average Bonchev–Trinajstić information content (AvgIpc) is 2.71. The lowest BCUT2D eigenvalue weighted by Gasteiger charge is -2.09. The van der Waals surface area contributed by atoms with Crippen molar-refractivity contribution in [3.8, 4) is 11.4 Å². The molecule has 2 aromatic carbocycles. The van der Waals surface area contributed by atoms with Gasteiger partial charge in [-0.05, 0) is 43.3 Å². The lowest BCUT2D eigenvalue weighted by atomic mass is 10.3. The molecule has 0 spiro atoms. The number of nitrogens with zero attached hydrogens (tertiary/aromatic N) is 2. The van der Waals surface area contributed by atoms with E-state index in [0.717, 1.165) is 30.0 Å². The summed E-state index contributed by atoms with van der Waals surface area (Å²) in [6, 6.07) is 9.74. The van der Waals surface area contributed by atoms with Gasteiger partial charge in [-0.2, -0.15) is 0 Å². The Morgan fingerprint density at radius 3 is 2.69 bits per heavy atom. The summed E-state index contributed by atoms with van der Waals surface area (Å²) in [5, 5.41) is 2.39. The number of thioether (sulfide) groups is 1. The summed E-state index contributed by atoms with van der Waals surface area (Å²) in [6.45, 7) is 2.42. The minimum absolute atomic E-state index is 0.108. The average molecular weight is 417 g/mol. The zero-order chi connectivity index (χ0) is 20.8. The van der Waals surface area contributed by atoms with Crippen LogP contribution >= 0.6 is 11.8 Å². The summed E-state index contributed by atoms with van der Waals surface area (Å²) in [6.07, 6.45) is 2.97. The second kappa shape index (κ2) is 9.33. The first kappa shape index (κ1) is 20.5. The molecule has 29 heavy (non-hydrogen) atoms. The first-order valence-corrected chi connectivity index (χ1v) is 9.65. The van der Waals surface area contributed by atoms with E-state index in [9.17, 15) is 18.4 Å². The Hall–Kier alpha value is -3.20. The van der Waals surface area contributed by atoms with Crippen LogP contribution in [0, 0.1) is 11.6 Å². The van der Waals surface area contributed by atoms with Gasteiger partial charge in [-0.3, -0.25) is 14.2 Å². The maximum Gasteiger partial charge on any atom is 0.287 e. The van der Waals surface area contributed by atoms with Crippen molar-refractivity contribution in [1.29, 1.82) is 0 Å². The number of rotatable bonds is 7. The predicted molar refractivity (Wildman–Crippen MR) is 107 cm³/mol. The van der Waals surface area contributed by atoms with Gasteiger partial charge in [0, 0.05) is 24.1 Å². The summed E-state index contributed by atoms with van der Waals surface area (Å²) in [7, 11) is 0. The highest BCUT2D eigenvalue weighted by molar-refractivity contribution is 7.99. The van der Waals surface area contributed by atoms with Crippen LogP contribution in [0.25, 0.3) is 5.69 Å². The van der Waals surface area contributed by atoms with Gasteiger partial charge in [0.1, 0.15) is 17.4 Å². The van der Waals surface area contributed by atoms with Crippen LogP contribution in [0.2, 0.25) is 0 Å². The van der Waals surface area contributed by atoms with Crippen molar-refractivity contribution < 1.29 is 18.3 Å². The molecule has 0 fully saturated rings. The normalized spacial score (nSPS) is 10.6. The van der Waals surface area contributed by atoms with Crippen molar-refractivity contribution in [2.75, 3.05) is 17.7 Å². The molecule has 0 saturated carbocycles. The molecule has 0 unspecified atom stereocenters. The van der Waals surface area contributed by atoms with Gasteiger partial charge in [0.2, 0.25) is 5.91 Å². The minimum Gasteiger partial charge on any atom is -0.494 e. The van der Waals surface area contributed by atoms with E-state index in [2.05, 4.69) is 10.3 Å². The van der Waals surface area contributed by atoms with Crippen LogP contribution < -0.4 is 15.6 Å². The van der Waals surface area contributed by atoms with Gasteiger partial charge in [-0.1, -0.05) is 11.8 Å². The summed E-state index contributed by atoms with van der Waals surface area (Å²) in [4.78, 5) is 28.7. The van der Waals surface area contributed by atoms with Gasteiger partial charge in [-0.15, -0.1) is 0 Å². The summed E-state index contributed by atoms with van der Waals surface area (Å²) < 4.78 is 33.6. The van der Waals surface area contributed by atoms with Crippen molar-refractivity contribution in [1.82, 2.24) is 9.55 Å².